The van der Waals surface area contributed by atoms with E-state index < -0.39 is 10.0 Å². The average molecular weight is 522 g/mol. The summed E-state index contributed by atoms with van der Waals surface area (Å²) in [5.41, 5.74) is 4.35. The van der Waals surface area contributed by atoms with Crippen LogP contribution in [0.1, 0.15) is 22.3 Å². The molecule has 37 heavy (non-hydrogen) atoms. The zero-order chi connectivity index (χ0) is 26.6. The van der Waals surface area contributed by atoms with E-state index in [1.54, 1.807) is 35.2 Å². The maximum Gasteiger partial charge on any atom is 0.268 e. The van der Waals surface area contributed by atoms with Crippen LogP contribution in [-0.2, 0) is 21.4 Å². The van der Waals surface area contributed by atoms with Crippen LogP contribution in [-0.4, -0.2) is 64.0 Å². The lowest BCUT2D eigenvalue weighted by atomic mass is 10.1. The predicted octanol–water partition coefficient (Wildman–Crippen LogP) is 4.16. The molecular weight excluding hydrogens is 486 g/mol. The second kappa shape index (κ2) is 11.4. The fraction of sp³-hybridized carbons (Fsp3) is 0.345. The summed E-state index contributed by atoms with van der Waals surface area (Å²) >= 11 is 0. The summed E-state index contributed by atoms with van der Waals surface area (Å²) in [6, 6.07) is 20.9. The molecule has 3 aromatic rings. The lowest BCUT2D eigenvalue weighted by molar-refractivity contribution is -0.131. The molecule has 0 bridgehead atoms. The number of hydrogen-bond donors (Lipinski definition) is 0. The highest BCUT2D eigenvalue weighted by Crippen LogP contribution is 2.32. The fourth-order valence-corrected chi connectivity index (χ4v) is 6.37. The van der Waals surface area contributed by atoms with Gasteiger partial charge in [-0.2, -0.15) is 0 Å². The van der Waals surface area contributed by atoms with Crippen LogP contribution in [0.4, 0.5) is 5.69 Å². The molecule has 4 rings (SSSR count). The van der Waals surface area contributed by atoms with Crippen molar-refractivity contribution >= 4 is 21.6 Å². The first-order valence-electron chi connectivity index (χ1n) is 12.5. The van der Waals surface area contributed by atoms with Gasteiger partial charge in [-0.3, -0.25) is 14.0 Å². The van der Waals surface area contributed by atoms with Gasteiger partial charge >= 0.3 is 0 Å². The predicted molar refractivity (Wildman–Crippen MR) is 146 cm³/mol. The van der Waals surface area contributed by atoms with E-state index in [0.717, 1.165) is 36.3 Å². The van der Waals surface area contributed by atoms with E-state index in [-0.39, 0.29) is 23.1 Å². The Morgan fingerprint density at radius 3 is 2.14 bits per heavy atom. The topological polar surface area (TPSA) is 70.2 Å². The van der Waals surface area contributed by atoms with Gasteiger partial charge in [-0.15, -0.1) is 0 Å². The number of carbonyl (C=O) groups is 1. The highest BCUT2D eigenvalue weighted by atomic mass is 32.2. The quantitative estimate of drug-likeness (QED) is 0.445. The first-order chi connectivity index (χ1) is 17.7. The van der Waals surface area contributed by atoms with Crippen molar-refractivity contribution in [3.05, 3.63) is 89.0 Å². The van der Waals surface area contributed by atoms with E-state index >= 15 is 0 Å². The van der Waals surface area contributed by atoms with Gasteiger partial charge in [0, 0.05) is 32.7 Å². The summed E-state index contributed by atoms with van der Waals surface area (Å²) in [4.78, 5) is 17.6. The van der Waals surface area contributed by atoms with Gasteiger partial charge in [-0.25, -0.2) is 8.42 Å². The Labute approximate surface area is 220 Å². The SMILES string of the molecule is COc1ccc(C)cc1S(=O)(=O)N(CC(=O)N1CCN(Cc2ccccc2)CC1)c1cc(C)cc(C)c1. The van der Waals surface area contributed by atoms with E-state index in [4.69, 9.17) is 4.74 Å². The van der Waals surface area contributed by atoms with E-state index in [1.165, 1.54) is 17.0 Å². The molecular formula is C29H35N3O4S. The fourth-order valence-electron chi connectivity index (χ4n) is 4.73. The lowest BCUT2D eigenvalue weighted by Gasteiger charge is -2.36. The molecule has 1 saturated heterocycles. The van der Waals surface area contributed by atoms with E-state index in [2.05, 4.69) is 17.0 Å². The smallest absolute Gasteiger partial charge is 0.268 e. The van der Waals surface area contributed by atoms with Crippen LogP contribution in [0.2, 0.25) is 0 Å². The highest BCUT2D eigenvalue weighted by Gasteiger charge is 2.32. The summed E-state index contributed by atoms with van der Waals surface area (Å²) < 4.78 is 34.7. The van der Waals surface area contributed by atoms with Gasteiger partial charge in [0.1, 0.15) is 17.2 Å². The number of ether oxygens (including phenoxy) is 1. The molecule has 0 N–H and O–H groups in total. The molecule has 0 saturated carbocycles. The van der Waals surface area contributed by atoms with Crippen molar-refractivity contribution < 1.29 is 17.9 Å². The van der Waals surface area contributed by atoms with Crippen LogP contribution >= 0.6 is 0 Å². The highest BCUT2D eigenvalue weighted by molar-refractivity contribution is 7.93. The molecule has 0 unspecified atom stereocenters. The summed E-state index contributed by atoms with van der Waals surface area (Å²) in [7, 11) is -2.64. The minimum absolute atomic E-state index is 0.0506. The summed E-state index contributed by atoms with van der Waals surface area (Å²) in [5.74, 6) is 0.0377. The minimum atomic E-state index is -4.09. The molecule has 3 aromatic carbocycles. The number of piperazine rings is 1. The Morgan fingerprint density at radius 2 is 1.51 bits per heavy atom. The van der Waals surface area contributed by atoms with E-state index in [1.807, 2.05) is 45.0 Å². The van der Waals surface area contributed by atoms with Crippen molar-refractivity contribution in [1.29, 1.82) is 0 Å². The Hall–Kier alpha value is -3.36. The van der Waals surface area contributed by atoms with Crippen LogP contribution in [0, 0.1) is 20.8 Å². The van der Waals surface area contributed by atoms with Crippen molar-refractivity contribution in [2.45, 2.75) is 32.2 Å². The standard InChI is InChI=1S/C29H35N3O4S/c1-22-10-11-27(36-4)28(19-22)37(34,35)32(26-17-23(2)16-24(3)18-26)21-29(33)31-14-12-30(13-15-31)20-25-8-6-5-7-9-25/h5-11,16-19H,12-15,20-21H2,1-4H3. The molecule has 1 fully saturated rings. The number of sulfonamides is 1. The van der Waals surface area contributed by atoms with Gasteiger partial charge < -0.3 is 9.64 Å². The molecule has 0 aromatic heterocycles. The Kier molecular flexibility index (Phi) is 8.19. The second-order valence-electron chi connectivity index (χ2n) is 9.65. The van der Waals surface area contributed by atoms with Gasteiger partial charge in [0.2, 0.25) is 5.91 Å². The average Bonchev–Trinajstić information content (AvgIpc) is 2.87. The number of carbonyl (C=O) groups excluding carboxylic acids is 1. The summed E-state index contributed by atoms with van der Waals surface area (Å²) in [5, 5.41) is 0. The van der Waals surface area contributed by atoms with Crippen molar-refractivity contribution in [3.8, 4) is 5.75 Å². The lowest BCUT2D eigenvalue weighted by Crippen LogP contribution is -2.51. The van der Waals surface area contributed by atoms with Crippen LogP contribution in [0.3, 0.4) is 0 Å². The number of nitrogens with zero attached hydrogens (tertiary/aromatic N) is 3. The van der Waals surface area contributed by atoms with Gasteiger partial charge in [0.25, 0.3) is 10.0 Å². The number of amides is 1. The van der Waals surface area contributed by atoms with Gasteiger partial charge in [0.05, 0.1) is 12.8 Å². The first kappa shape index (κ1) is 26.7. The molecule has 0 spiro atoms. The zero-order valence-electron chi connectivity index (χ0n) is 22.0. The molecule has 0 aliphatic carbocycles. The molecule has 1 aliphatic heterocycles. The van der Waals surface area contributed by atoms with Crippen molar-refractivity contribution in [3.63, 3.8) is 0 Å². The number of aryl methyl sites for hydroxylation is 3. The normalized spacial score (nSPS) is 14.4. The molecule has 0 atom stereocenters. The number of anilines is 1. The molecule has 8 heteroatoms. The zero-order valence-corrected chi connectivity index (χ0v) is 22.8. The van der Waals surface area contributed by atoms with Gasteiger partial charge in [-0.1, -0.05) is 42.5 Å². The third-order valence-corrected chi connectivity index (χ3v) is 8.43. The van der Waals surface area contributed by atoms with E-state index in [0.29, 0.717) is 18.8 Å². The third-order valence-electron chi connectivity index (χ3n) is 6.63. The minimum Gasteiger partial charge on any atom is -0.495 e. The van der Waals surface area contributed by atoms with Crippen LogP contribution < -0.4 is 9.04 Å². The largest absolute Gasteiger partial charge is 0.495 e. The summed E-state index contributed by atoms with van der Waals surface area (Å²) in [6.45, 7) is 8.82. The third kappa shape index (κ3) is 6.32. The second-order valence-corrected chi connectivity index (χ2v) is 11.5. The van der Waals surface area contributed by atoms with Crippen LogP contribution in [0.5, 0.6) is 5.75 Å². The summed E-state index contributed by atoms with van der Waals surface area (Å²) in [6.07, 6.45) is 0. The Bertz CT molecular complexity index is 1330. The Morgan fingerprint density at radius 1 is 0.865 bits per heavy atom. The molecule has 0 radical (unpaired) electrons. The van der Waals surface area contributed by atoms with Crippen LogP contribution in [0.25, 0.3) is 0 Å². The number of rotatable bonds is 8. The maximum atomic E-state index is 14.0. The molecule has 1 amide bonds. The first-order valence-corrected chi connectivity index (χ1v) is 13.9. The maximum absolute atomic E-state index is 14.0. The number of benzene rings is 3. The molecule has 1 heterocycles. The van der Waals surface area contributed by atoms with Crippen molar-refractivity contribution in [2.24, 2.45) is 0 Å². The van der Waals surface area contributed by atoms with Crippen molar-refractivity contribution in [1.82, 2.24) is 9.80 Å². The molecule has 196 valence electrons. The van der Waals surface area contributed by atoms with Crippen molar-refractivity contribution in [2.75, 3.05) is 44.1 Å². The van der Waals surface area contributed by atoms with Crippen LogP contribution in [0.15, 0.2) is 71.6 Å². The Balaban J connectivity index is 1.58. The van der Waals surface area contributed by atoms with E-state index in [9.17, 15) is 13.2 Å². The monoisotopic (exact) mass is 521 g/mol. The molecule has 7 nitrogen and oxygen atoms in total. The van der Waals surface area contributed by atoms with Gasteiger partial charge in [0.15, 0.2) is 0 Å². The molecule has 1 aliphatic rings. The number of hydrogen-bond acceptors (Lipinski definition) is 5. The number of methoxy groups -OCH3 is 1. The van der Waals surface area contributed by atoms with Gasteiger partial charge in [-0.05, 0) is 67.3 Å².